The van der Waals surface area contributed by atoms with Crippen molar-refractivity contribution in [2.24, 2.45) is 0 Å². The van der Waals surface area contributed by atoms with Crippen LogP contribution in [0.15, 0.2) is 83.6 Å². The lowest BCUT2D eigenvalue weighted by molar-refractivity contribution is -0.129. The van der Waals surface area contributed by atoms with Gasteiger partial charge >= 0.3 is 11.9 Å². The molecule has 0 N–H and O–H groups in total. The molecule has 0 aromatic heterocycles. The van der Waals surface area contributed by atoms with Crippen LogP contribution >= 0.6 is 11.8 Å². The number of carbonyl (C=O) groups is 2. The minimum Gasteiger partial charge on any atom is -0.423 e. The number of rotatable bonds is 6. The van der Waals surface area contributed by atoms with Crippen LogP contribution in [-0.4, -0.2) is 11.9 Å². The van der Waals surface area contributed by atoms with Crippen molar-refractivity contribution in [3.8, 4) is 11.5 Å². The average molecular weight is 326 g/mol. The molecular formula is C18H14O4S. The maximum Gasteiger partial charge on any atom is 0.335 e. The summed E-state index contributed by atoms with van der Waals surface area (Å²) < 4.78 is 10.2. The first-order valence-electron chi connectivity index (χ1n) is 6.67. The van der Waals surface area contributed by atoms with E-state index in [1.54, 1.807) is 36.4 Å². The second-order valence-electron chi connectivity index (χ2n) is 4.30. The molecule has 0 radical (unpaired) electrons. The van der Waals surface area contributed by atoms with Crippen LogP contribution < -0.4 is 9.47 Å². The first kappa shape index (κ1) is 16.6. The highest BCUT2D eigenvalue weighted by atomic mass is 32.2. The molecule has 23 heavy (non-hydrogen) atoms. The summed E-state index contributed by atoms with van der Waals surface area (Å²) in [6.45, 7) is 6.72. The molecule has 0 aliphatic carbocycles. The van der Waals surface area contributed by atoms with E-state index in [9.17, 15) is 9.59 Å². The van der Waals surface area contributed by atoms with Crippen molar-refractivity contribution in [2.75, 3.05) is 0 Å². The molecular weight excluding hydrogens is 312 g/mol. The predicted molar refractivity (Wildman–Crippen MR) is 88.7 cm³/mol. The fraction of sp³-hybridized carbons (Fsp3) is 0. The van der Waals surface area contributed by atoms with E-state index < -0.39 is 11.9 Å². The molecule has 0 aliphatic heterocycles. The van der Waals surface area contributed by atoms with E-state index in [2.05, 4.69) is 13.2 Å². The molecule has 2 aromatic rings. The smallest absolute Gasteiger partial charge is 0.335 e. The Morgan fingerprint density at radius 1 is 0.826 bits per heavy atom. The van der Waals surface area contributed by atoms with Crippen LogP contribution in [0.5, 0.6) is 11.5 Å². The molecule has 0 amide bonds. The quantitative estimate of drug-likeness (QED) is 0.456. The Bertz CT molecular complexity index is 689. The van der Waals surface area contributed by atoms with Crippen molar-refractivity contribution in [1.29, 1.82) is 0 Å². The minimum absolute atomic E-state index is 0.439. The van der Waals surface area contributed by atoms with Crippen LogP contribution in [0, 0.1) is 0 Å². The zero-order valence-electron chi connectivity index (χ0n) is 12.2. The van der Waals surface area contributed by atoms with Gasteiger partial charge in [-0.25, -0.2) is 9.59 Å². The molecule has 0 saturated carbocycles. The van der Waals surface area contributed by atoms with Gasteiger partial charge in [-0.15, -0.1) is 0 Å². The van der Waals surface area contributed by atoms with Crippen LogP contribution in [0.4, 0.5) is 0 Å². The van der Waals surface area contributed by atoms with Gasteiger partial charge in [0.05, 0.1) is 0 Å². The zero-order valence-corrected chi connectivity index (χ0v) is 13.0. The van der Waals surface area contributed by atoms with Crippen LogP contribution in [0.2, 0.25) is 0 Å². The molecule has 0 atom stereocenters. The molecule has 0 bridgehead atoms. The van der Waals surface area contributed by atoms with E-state index in [4.69, 9.17) is 9.47 Å². The Labute approximate surface area is 138 Å². The van der Waals surface area contributed by atoms with E-state index >= 15 is 0 Å². The van der Waals surface area contributed by atoms with Crippen molar-refractivity contribution >= 4 is 23.7 Å². The third-order valence-electron chi connectivity index (χ3n) is 2.62. The number of esters is 2. The summed E-state index contributed by atoms with van der Waals surface area (Å²) in [4.78, 5) is 24.2. The molecule has 2 rings (SSSR count). The maximum atomic E-state index is 11.2. The zero-order chi connectivity index (χ0) is 16.7. The molecule has 4 nitrogen and oxygen atoms in total. The Hall–Kier alpha value is -2.79. The lowest BCUT2D eigenvalue weighted by Gasteiger charge is -2.07. The first-order valence-corrected chi connectivity index (χ1v) is 7.49. The summed E-state index contributed by atoms with van der Waals surface area (Å²) in [7, 11) is 0. The molecule has 116 valence electrons. The summed E-state index contributed by atoms with van der Waals surface area (Å²) in [5.41, 5.74) is 0. The highest BCUT2D eigenvalue weighted by molar-refractivity contribution is 7.99. The van der Waals surface area contributed by atoms with Gasteiger partial charge in [-0.3, -0.25) is 0 Å². The molecule has 0 fully saturated rings. The number of hydrogen-bond donors (Lipinski definition) is 0. The van der Waals surface area contributed by atoms with Crippen molar-refractivity contribution in [3.05, 3.63) is 73.8 Å². The third kappa shape index (κ3) is 5.16. The van der Waals surface area contributed by atoms with Crippen LogP contribution in [0.1, 0.15) is 0 Å². The van der Waals surface area contributed by atoms with Crippen molar-refractivity contribution in [2.45, 2.75) is 9.79 Å². The monoisotopic (exact) mass is 326 g/mol. The van der Waals surface area contributed by atoms with E-state index in [1.165, 1.54) is 11.8 Å². The van der Waals surface area contributed by atoms with Gasteiger partial charge < -0.3 is 9.47 Å². The standard InChI is InChI=1S/C18H14O4S/c1-3-17(19)21-13-7-5-9-15(11-13)23-16-10-6-8-14(12-16)22-18(20)4-2/h3-12H,1-2H2. The van der Waals surface area contributed by atoms with Gasteiger partial charge in [-0.05, 0) is 36.4 Å². The molecule has 0 heterocycles. The van der Waals surface area contributed by atoms with Gasteiger partial charge in [0.1, 0.15) is 11.5 Å². The SMILES string of the molecule is C=CC(=O)Oc1cccc(Sc2cccc(OC(=O)C=C)c2)c1. The van der Waals surface area contributed by atoms with Crippen LogP contribution in [0.3, 0.4) is 0 Å². The minimum atomic E-state index is -0.509. The van der Waals surface area contributed by atoms with E-state index in [0.717, 1.165) is 21.9 Å². The van der Waals surface area contributed by atoms with Crippen LogP contribution in [-0.2, 0) is 9.59 Å². The number of carbonyl (C=O) groups excluding carboxylic acids is 2. The van der Waals surface area contributed by atoms with E-state index in [0.29, 0.717) is 11.5 Å². The van der Waals surface area contributed by atoms with E-state index in [-0.39, 0.29) is 0 Å². The molecule has 2 aromatic carbocycles. The molecule has 0 spiro atoms. The second kappa shape index (κ2) is 8.00. The second-order valence-corrected chi connectivity index (χ2v) is 5.45. The first-order chi connectivity index (χ1) is 11.1. The molecule has 5 heteroatoms. The van der Waals surface area contributed by atoms with E-state index in [1.807, 2.05) is 12.1 Å². The van der Waals surface area contributed by atoms with Gasteiger partial charge in [0.15, 0.2) is 0 Å². The normalized spacial score (nSPS) is 9.74. The van der Waals surface area contributed by atoms with Crippen LogP contribution in [0.25, 0.3) is 0 Å². The summed E-state index contributed by atoms with van der Waals surface area (Å²) in [5.74, 6) is -0.140. The van der Waals surface area contributed by atoms with Gasteiger partial charge in [-0.1, -0.05) is 37.1 Å². The lowest BCUT2D eigenvalue weighted by atomic mass is 10.3. The number of ether oxygens (including phenoxy) is 2. The number of benzene rings is 2. The summed E-state index contributed by atoms with van der Waals surface area (Å²) in [5, 5.41) is 0. The predicted octanol–water partition coefficient (Wildman–Crippen LogP) is 4.02. The molecule has 0 aliphatic rings. The fourth-order valence-corrected chi connectivity index (χ4v) is 2.57. The average Bonchev–Trinajstić information content (AvgIpc) is 2.55. The van der Waals surface area contributed by atoms with Crippen molar-refractivity contribution < 1.29 is 19.1 Å². The summed E-state index contributed by atoms with van der Waals surface area (Å²) in [6.07, 6.45) is 2.22. The summed E-state index contributed by atoms with van der Waals surface area (Å²) in [6, 6.07) is 14.2. The number of hydrogen-bond acceptors (Lipinski definition) is 5. The Balaban J connectivity index is 2.12. The van der Waals surface area contributed by atoms with Gasteiger partial charge in [0.25, 0.3) is 0 Å². The summed E-state index contributed by atoms with van der Waals surface area (Å²) >= 11 is 1.45. The third-order valence-corrected chi connectivity index (χ3v) is 3.60. The van der Waals surface area contributed by atoms with Gasteiger partial charge in [-0.2, -0.15) is 0 Å². The van der Waals surface area contributed by atoms with Crippen molar-refractivity contribution in [1.82, 2.24) is 0 Å². The van der Waals surface area contributed by atoms with Gasteiger partial charge in [0.2, 0.25) is 0 Å². The Morgan fingerprint density at radius 2 is 1.26 bits per heavy atom. The lowest BCUT2D eigenvalue weighted by Crippen LogP contribution is -2.03. The topological polar surface area (TPSA) is 52.6 Å². The Morgan fingerprint density at radius 3 is 1.65 bits per heavy atom. The molecule has 0 saturated heterocycles. The Kier molecular flexibility index (Phi) is 5.77. The molecule has 0 unspecified atom stereocenters. The highest BCUT2D eigenvalue weighted by Crippen LogP contribution is 2.32. The maximum absolute atomic E-state index is 11.2. The highest BCUT2D eigenvalue weighted by Gasteiger charge is 2.05. The van der Waals surface area contributed by atoms with Gasteiger partial charge in [0, 0.05) is 21.9 Å². The fourth-order valence-electron chi connectivity index (χ4n) is 1.65. The largest absolute Gasteiger partial charge is 0.423 e. The van der Waals surface area contributed by atoms with Crippen molar-refractivity contribution in [3.63, 3.8) is 0 Å².